The quantitative estimate of drug-likeness (QED) is 0.332. The predicted octanol–water partition coefficient (Wildman–Crippen LogP) is -0.183. The summed E-state index contributed by atoms with van der Waals surface area (Å²) in [7, 11) is 0. The Morgan fingerprint density at radius 2 is 2.25 bits per heavy atom. The summed E-state index contributed by atoms with van der Waals surface area (Å²) in [5.74, 6) is -0.376. The van der Waals surface area contributed by atoms with E-state index in [4.69, 9.17) is 15.6 Å². The lowest BCUT2D eigenvalue weighted by Crippen LogP contribution is -2.04. The molecule has 0 aliphatic carbocycles. The van der Waals surface area contributed by atoms with Crippen molar-refractivity contribution in [1.82, 2.24) is 0 Å². The highest BCUT2D eigenvalue weighted by Gasteiger charge is 1.94. The number of unbranched alkanes of at least 4 members (excludes halogenated alkanes) is 1. The molecular formula is C8H15NO3. The summed E-state index contributed by atoms with van der Waals surface area (Å²) in [5.41, 5.74) is 5.13. The van der Waals surface area contributed by atoms with Gasteiger partial charge >= 0.3 is 5.97 Å². The Balaban J connectivity index is 3.25. The fourth-order valence-corrected chi connectivity index (χ4v) is 0.599. The monoisotopic (exact) mass is 173 g/mol. The van der Waals surface area contributed by atoms with Crippen LogP contribution in [0.15, 0.2) is 12.2 Å². The van der Waals surface area contributed by atoms with Gasteiger partial charge in [0.25, 0.3) is 0 Å². The Labute approximate surface area is 72.0 Å². The van der Waals surface area contributed by atoms with Gasteiger partial charge in [0.05, 0.1) is 6.61 Å². The standard InChI is InChI=1S/C8H15NO3/c9-5-3-4-8(11)12-7-2-1-6-10/h3-4,10H,1-2,5-7,9H2/b4-3+. The Kier molecular flexibility index (Phi) is 7.63. The van der Waals surface area contributed by atoms with Crippen LogP contribution in [0.2, 0.25) is 0 Å². The Morgan fingerprint density at radius 1 is 1.50 bits per heavy atom. The van der Waals surface area contributed by atoms with Crippen molar-refractivity contribution in [1.29, 1.82) is 0 Å². The highest BCUT2D eigenvalue weighted by atomic mass is 16.5. The van der Waals surface area contributed by atoms with Crippen LogP contribution in [0.1, 0.15) is 12.8 Å². The molecule has 0 bridgehead atoms. The predicted molar refractivity (Wildman–Crippen MR) is 45.5 cm³/mol. The first-order valence-electron chi connectivity index (χ1n) is 3.95. The van der Waals surface area contributed by atoms with E-state index in [9.17, 15) is 4.79 Å². The SMILES string of the molecule is NC/C=C/C(=O)OCCCCO. The summed E-state index contributed by atoms with van der Waals surface area (Å²) in [4.78, 5) is 10.7. The van der Waals surface area contributed by atoms with Crippen LogP contribution >= 0.6 is 0 Å². The van der Waals surface area contributed by atoms with Gasteiger partial charge in [0.1, 0.15) is 0 Å². The van der Waals surface area contributed by atoms with Gasteiger partial charge in [0.2, 0.25) is 0 Å². The molecule has 4 nitrogen and oxygen atoms in total. The van der Waals surface area contributed by atoms with Crippen LogP contribution in [0.3, 0.4) is 0 Å². The van der Waals surface area contributed by atoms with Crippen LogP contribution < -0.4 is 5.73 Å². The number of carbonyl (C=O) groups excluding carboxylic acids is 1. The molecule has 0 atom stereocenters. The number of ether oxygens (including phenoxy) is 1. The number of esters is 1. The van der Waals surface area contributed by atoms with Crippen LogP contribution in [0.4, 0.5) is 0 Å². The lowest BCUT2D eigenvalue weighted by Gasteiger charge is -1.99. The third-order valence-corrected chi connectivity index (χ3v) is 1.19. The van der Waals surface area contributed by atoms with Gasteiger partial charge in [-0.2, -0.15) is 0 Å². The number of aliphatic hydroxyl groups is 1. The highest BCUT2D eigenvalue weighted by Crippen LogP contribution is 1.89. The number of hydrogen-bond acceptors (Lipinski definition) is 4. The van der Waals surface area contributed by atoms with E-state index in [0.717, 1.165) is 0 Å². The van der Waals surface area contributed by atoms with Gasteiger partial charge < -0.3 is 15.6 Å². The van der Waals surface area contributed by atoms with E-state index in [1.807, 2.05) is 0 Å². The zero-order valence-electron chi connectivity index (χ0n) is 7.03. The van der Waals surface area contributed by atoms with Crippen molar-refractivity contribution in [2.75, 3.05) is 19.8 Å². The molecule has 0 rings (SSSR count). The second-order valence-electron chi connectivity index (χ2n) is 2.24. The zero-order chi connectivity index (χ0) is 9.23. The van der Waals surface area contributed by atoms with Gasteiger partial charge in [-0.05, 0) is 12.8 Å². The molecule has 0 spiro atoms. The summed E-state index contributed by atoms with van der Waals surface area (Å²) >= 11 is 0. The normalized spacial score (nSPS) is 10.5. The van der Waals surface area contributed by atoms with Gasteiger partial charge in [-0.25, -0.2) is 4.79 Å². The van der Waals surface area contributed by atoms with E-state index in [1.165, 1.54) is 12.2 Å². The molecule has 0 saturated heterocycles. The average molecular weight is 173 g/mol. The molecule has 70 valence electrons. The van der Waals surface area contributed by atoms with Crippen molar-refractivity contribution in [3.8, 4) is 0 Å². The molecule has 0 aromatic rings. The second kappa shape index (κ2) is 8.23. The minimum Gasteiger partial charge on any atom is -0.463 e. The highest BCUT2D eigenvalue weighted by molar-refractivity contribution is 5.81. The first-order chi connectivity index (χ1) is 5.81. The maximum absolute atomic E-state index is 10.7. The average Bonchev–Trinajstić information content (AvgIpc) is 2.09. The molecule has 0 aromatic carbocycles. The van der Waals surface area contributed by atoms with Crippen molar-refractivity contribution in [3.05, 3.63) is 12.2 Å². The molecule has 0 unspecified atom stereocenters. The van der Waals surface area contributed by atoms with E-state index >= 15 is 0 Å². The van der Waals surface area contributed by atoms with E-state index < -0.39 is 0 Å². The lowest BCUT2D eigenvalue weighted by atomic mass is 10.3. The van der Waals surface area contributed by atoms with Crippen molar-refractivity contribution in [2.45, 2.75) is 12.8 Å². The van der Waals surface area contributed by atoms with E-state index in [2.05, 4.69) is 0 Å². The second-order valence-corrected chi connectivity index (χ2v) is 2.24. The molecule has 0 radical (unpaired) electrons. The van der Waals surface area contributed by atoms with Crippen molar-refractivity contribution < 1.29 is 14.6 Å². The smallest absolute Gasteiger partial charge is 0.330 e. The molecule has 12 heavy (non-hydrogen) atoms. The number of rotatable bonds is 6. The summed E-state index contributed by atoms with van der Waals surface area (Å²) in [5, 5.41) is 8.40. The summed E-state index contributed by atoms with van der Waals surface area (Å²) in [6, 6.07) is 0. The maximum atomic E-state index is 10.7. The van der Waals surface area contributed by atoms with Crippen LogP contribution in [0.25, 0.3) is 0 Å². The Morgan fingerprint density at radius 3 is 2.83 bits per heavy atom. The molecule has 3 N–H and O–H groups in total. The number of carbonyl (C=O) groups is 1. The third kappa shape index (κ3) is 7.24. The van der Waals surface area contributed by atoms with Crippen molar-refractivity contribution in [2.24, 2.45) is 5.73 Å². The van der Waals surface area contributed by atoms with Gasteiger partial charge in [-0.15, -0.1) is 0 Å². The molecule has 0 amide bonds. The third-order valence-electron chi connectivity index (χ3n) is 1.19. The van der Waals surface area contributed by atoms with Crippen LogP contribution in [-0.4, -0.2) is 30.8 Å². The number of aliphatic hydroxyl groups excluding tert-OH is 1. The number of nitrogens with two attached hydrogens (primary N) is 1. The minimum atomic E-state index is -0.376. The lowest BCUT2D eigenvalue weighted by molar-refractivity contribution is -0.137. The summed E-state index contributed by atoms with van der Waals surface area (Å²) in [6.07, 6.45) is 4.19. The fourth-order valence-electron chi connectivity index (χ4n) is 0.599. The summed E-state index contributed by atoms with van der Waals surface area (Å²) in [6.45, 7) is 0.830. The molecule has 0 aromatic heterocycles. The van der Waals surface area contributed by atoms with Crippen LogP contribution in [0, 0.1) is 0 Å². The Hall–Kier alpha value is -0.870. The summed E-state index contributed by atoms with van der Waals surface area (Å²) < 4.78 is 4.75. The van der Waals surface area contributed by atoms with E-state index in [1.54, 1.807) is 0 Å². The zero-order valence-corrected chi connectivity index (χ0v) is 7.03. The Bertz CT molecular complexity index is 145. The van der Waals surface area contributed by atoms with E-state index in [0.29, 0.717) is 26.0 Å². The van der Waals surface area contributed by atoms with Crippen LogP contribution in [-0.2, 0) is 9.53 Å². The fraction of sp³-hybridized carbons (Fsp3) is 0.625. The molecule has 0 fully saturated rings. The minimum absolute atomic E-state index is 0.135. The van der Waals surface area contributed by atoms with Gasteiger partial charge in [-0.1, -0.05) is 6.08 Å². The molecule has 0 saturated carbocycles. The largest absolute Gasteiger partial charge is 0.463 e. The van der Waals surface area contributed by atoms with Crippen molar-refractivity contribution >= 4 is 5.97 Å². The molecule has 0 aliphatic heterocycles. The van der Waals surface area contributed by atoms with Gasteiger partial charge in [0.15, 0.2) is 0 Å². The van der Waals surface area contributed by atoms with Gasteiger partial charge in [0, 0.05) is 19.2 Å². The topological polar surface area (TPSA) is 72.6 Å². The first-order valence-corrected chi connectivity index (χ1v) is 3.95. The number of hydrogen-bond donors (Lipinski definition) is 2. The van der Waals surface area contributed by atoms with E-state index in [-0.39, 0.29) is 12.6 Å². The molecule has 0 aliphatic rings. The molecule has 0 heterocycles. The maximum Gasteiger partial charge on any atom is 0.330 e. The molecular weight excluding hydrogens is 158 g/mol. The first kappa shape index (κ1) is 11.1. The van der Waals surface area contributed by atoms with Crippen molar-refractivity contribution in [3.63, 3.8) is 0 Å². The van der Waals surface area contributed by atoms with Crippen LogP contribution in [0.5, 0.6) is 0 Å². The van der Waals surface area contributed by atoms with Gasteiger partial charge in [-0.3, -0.25) is 0 Å². The molecule has 4 heteroatoms.